The van der Waals surface area contributed by atoms with E-state index >= 15 is 0 Å². The van der Waals surface area contributed by atoms with Crippen molar-refractivity contribution in [3.63, 3.8) is 0 Å². The molecule has 13 nitrogen and oxygen atoms in total. The standard InChI is InChI=1S/C33H46N6O7/c1-19(40)16-22(4-3-12-37-30(34)35)29(42)36-13-15-38(2)31(43)45-24-9-10-33(44)25-17-21-7-8-23(41)27-26(21)32(33,28(24)46-27)11-14-39(25)18-20-5-6-20/h7-9,20,22,25,28,41,44H,3-6,10-18H2,1-2H3,(H,36,42)(H4,34,35,37)/t22-,25+,28-,32-,33+/m0/s1. The highest BCUT2D eigenvalue weighted by atomic mass is 16.6. The molecular weight excluding hydrogens is 592 g/mol. The van der Waals surface area contributed by atoms with Gasteiger partial charge in [-0.1, -0.05) is 6.07 Å². The van der Waals surface area contributed by atoms with Crippen LogP contribution >= 0.6 is 0 Å². The number of rotatable bonds is 13. The predicted molar refractivity (Wildman–Crippen MR) is 169 cm³/mol. The average molecular weight is 639 g/mol. The van der Waals surface area contributed by atoms with E-state index in [-0.39, 0.29) is 49.0 Å². The monoisotopic (exact) mass is 638 g/mol. The lowest BCUT2D eigenvalue weighted by Gasteiger charge is -2.62. The minimum Gasteiger partial charge on any atom is -0.504 e. The molecule has 1 saturated heterocycles. The Morgan fingerprint density at radius 1 is 1.28 bits per heavy atom. The molecule has 1 aromatic rings. The van der Waals surface area contributed by atoms with Crippen LogP contribution in [0.15, 0.2) is 29.0 Å². The van der Waals surface area contributed by atoms with Crippen LogP contribution in [0.1, 0.15) is 63.0 Å². The molecular formula is C33H46N6O7. The third-order valence-corrected chi connectivity index (χ3v) is 10.6. The number of phenols is 1. The molecule has 13 heteroatoms. The Kier molecular flexibility index (Phi) is 8.66. The van der Waals surface area contributed by atoms with Crippen molar-refractivity contribution in [1.82, 2.24) is 15.1 Å². The van der Waals surface area contributed by atoms with Gasteiger partial charge >= 0.3 is 6.09 Å². The number of aliphatic imine (C=N–C) groups is 1. The maximum absolute atomic E-state index is 13.3. The summed E-state index contributed by atoms with van der Waals surface area (Å²) in [6.07, 6.45) is 5.53. The number of likely N-dealkylation sites (tertiary alicyclic amines) is 1. The number of nitrogens with one attached hydrogen (secondary N) is 1. The van der Waals surface area contributed by atoms with E-state index in [0.29, 0.717) is 56.1 Å². The number of hydrogen-bond acceptors (Lipinski definition) is 9. The summed E-state index contributed by atoms with van der Waals surface area (Å²) in [5.41, 5.74) is 10.6. The van der Waals surface area contributed by atoms with E-state index in [0.717, 1.165) is 24.2 Å². The van der Waals surface area contributed by atoms with Gasteiger partial charge in [-0.3, -0.25) is 14.7 Å². The number of carbonyl (C=O) groups is 3. The Labute approximate surface area is 269 Å². The first-order chi connectivity index (χ1) is 21.9. The number of aliphatic hydroxyl groups is 1. The molecule has 3 aliphatic carbocycles. The lowest BCUT2D eigenvalue weighted by Crippen LogP contribution is -2.75. The number of guanidine groups is 1. The molecule has 1 saturated carbocycles. The van der Waals surface area contributed by atoms with Gasteiger partial charge in [0.05, 0.1) is 11.0 Å². The number of amides is 2. The number of ketones is 1. The van der Waals surface area contributed by atoms with E-state index in [1.165, 1.54) is 24.7 Å². The number of hydrogen-bond donors (Lipinski definition) is 5. The van der Waals surface area contributed by atoms with Crippen LogP contribution in [0, 0.1) is 11.8 Å². The molecule has 0 unspecified atom stereocenters. The van der Waals surface area contributed by atoms with Gasteiger partial charge in [-0.05, 0) is 75.6 Å². The SMILES string of the molecule is CC(=O)C[C@H](CCCN=C(N)N)C(=O)NCCN(C)C(=O)OC1=CC[C@@]2(O)[C@H]3Cc4ccc(O)c5c4[C@@]2(CCN3CC2CC2)[C@H]1O5. The number of Topliss-reactive ketones (excluding diaryl/α,β-unsaturated/α-hetero) is 1. The average Bonchev–Trinajstić information content (AvgIpc) is 3.75. The fourth-order valence-corrected chi connectivity index (χ4v) is 8.15. The molecule has 6 rings (SSSR count). The summed E-state index contributed by atoms with van der Waals surface area (Å²) in [5, 5.41) is 26.2. The summed E-state index contributed by atoms with van der Waals surface area (Å²) in [5.74, 6) is 0.474. The first-order valence-electron chi connectivity index (χ1n) is 16.4. The third-order valence-electron chi connectivity index (χ3n) is 10.6. The van der Waals surface area contributed by atoms with Crippen LogP contribution in [0.4, 0.5) is 4.79 Å². The number of phenolic OH excluding ortho intramolecular Hbond substituents is 1. The van der Waals surface area contributed by atoms with Crippen LogP contribution in [-0.4, -0.2) is 101 Å². The zero-order chi connectivity index (χ0) is 32.8. The van der Waals surface area contributed by atoms with E-state index in [9.17, 15) is 24.6 Å². The summed E-state index contributed by atoms with van der Waals surface area (Å²) in [6, 6.07) is 3.48. The number of ether oxygens (including phenoxy) is 2. The molecule has 1 spiro atoms. The second-order valence-electron chi connectivity index (χ2n) is 13.7. The van der Waals surface area contributed by atoms with Crippen LogP contribution in [0.25, 0.3) is 0 Å². The topological polar surface area (TPSA) is 193 Å². The molecule has 46 heavy (non-hydrogen) atoms. The largest absolute Gasteiger partial charge is 0.504 e. The molecule has 0 aromatic heterocycles. The van der Waals surface area contributed by atoms with Crippen molar-refractivity contribution >= 4 is 23.7 Å². The summed E-state index contributed by atoms with van der Waals surface area (Å²) in [6.45, 7) is 3.90. The van der Waals surface area contributed by atoms with Crippen LogP contribution in [0.3, 0.4) is 0 Å². The van der Waals surface area contributed by atoms with Gasteiger partial charge in [-0.15, -0.1) is 0 Å². The first kappa shape index (κ1) is 32.1. The number of piperidine rings is 1. The fraction of sp³-hybridized carbons (Fsp3) is 0.636. The Bertz CT molecular complexity index is 1460. The second-order valence-corrected chi connectivity index (χ2v) is 13.7. The molecule has 250 valence electrons. The second kappa shape index (κ2) is 12.4. The van der Waals surface area contributed by atoms with Gasteiger partial charge in [0.25, 0.3) is 0 Å². The number of benzene rings is 1. The molecule has 1 aromatic carbocycles. The van der Waals surface area contributed by atoms with E-state index in [1.54, 1.807) is 19.2 Å². The quantitative estimate of drug-likeness (QED) is 0.119. The number of nitrogens with zero attached hydrogens (tertiary/aromatic N) is 3. The molecule has 2 heterocycles. The van der Waals surface area contributed by atoms with Crippen LogP contribution in [0.2, 0.25) is 0 Å². The normalized spacial score (nSPS) is 27.8. The van der Waals surface area contributed by atoms with Crippen molar-refractivity contribution in [2.24, 2.45) is 28.3 Å². The van der Waals surface area contributed by atoms with E-state index < -0.39 is 29.1 Å². The minimum atomic E-state index is -1.14. The molecule has 2 amide bonds. The van der Waals surface area contributed by atoms with Gasteiger partial charge in [0.15, 0.2) is 23.6 Å². The number of nitrogens with two attached hydrogens (primary N) is 2. The highest BCUT2D eigenvalue weighted by Gasteiger charge is 2.72. The molecule has 2 bridgehead atoms. The Morgan fingerprint density at radius 2 is 2.07 bits per heavy atom. The van der Waals surface area contributed by atoms with Gasteiger partial charge in [0, 0.05) is 63.6 Å². The number of carbonyl (C=O) groups excluding carboxylic acids is 3. The summed E-state index contributed by atoms with van der Waals surface area (Å²) >= 11 is 0. The van der Waals surface area contributed by atoms with Crippen LogP contribution in [-0.2, 0) is 26.2 Å². The summed E-state index contributed by atoms with van der Waals surface area (Å²) < 4.78 is 12.4. The lowest BCUT2D eigenvalue weighted by molar-refractivity contribution is -0.169. The highest BCUT2D eigenvalue weighted by Crippen LogP contribution is 2.65. The molecule has 0 radical (unpaired) electrons. The molecule has 2 aliphatic heterocycles. The van der Waals surface area contributed by atoms with Crippen molar-refractivity contribution in [2.75, 3.05) is 39.8 Å². The van der Waals surface area contributed by atoms with Crippen molar-refractivity contribution < 1.29 is 34.1 Å². The minimum absolute atomic E-state index is 0.0154. The third kappa shape index (κ3) is 5.68. The maximum atomic E-state index is 13.3. The van der Waals surface area contributed by atoms with E-state index in [4.69, 9.17) is 20.9 Å². The van der Waals surface area contributed by atoms with Gasteiger partial charge in [0.2, 0.25) is 5.91 Å². The predicted octanol–water partition coefficient (Wildman–Crippen LogP) is 1.28. The van der Waals surface area contributed by atoms with Gasteiger partial charge < -0.3 is 46.2 Å². The van der Waals surface area contributed by atoms with E-state index in [2.05, 4.69) is 15.2 Å². The van der Waals surface area contributed by atoms with Crippen molar-refractivity contribution in [3.8, 4) is 11.5 Å². The van der Waals surface area contributed by atoms with Gasteiger partial charge in [-0.25, -0.2) is 4.79 Å². The zero-order valence-electron chi connectivity index (χ0n) is 26.7. The van der Waals surface area contributed by atoms with Crippen molar-refractivity contribution in [2.45, 2.75) is 81.5 Å². The summed E-state index contributed by atoms with van der Waals surface area (Å²) in [4.78, 5) is 45.7. The van der Waals surface area contributed by atoms with Gasteiger partial charge in [-0.2, -0.15) is 0 Å². The molecule has 2 fully saturated rings. The van der Waals surface area contributed by atoms with Crippen LogP contribution < -0.4 is 21.5 Å². The van der Waals surface area contributed by atoms with Crippen molar-refractivity contribution in [3.05, 3.63) is 35.1 Å². The van der Waals surface area contributed by atoms with E-state index in [1.807, 2.05) is 6.07 Å². The molecule has 5 aliphatic rings. The Hall–Kier alpha value is -3.84. The smallest absolute Gasteiger partial charge is 0.414 e. The lowest BCUT2D eigenvalue weighted by atomic mass is 9.50. The zero-order valence-corrected chi connectivity index (χ0v) is 26.7. The molecule has 7 N–H and O–H groups in total. The maximum Gasteiger partial charge on any atom is 0.414 e. The fourth-order valence-electron chi connectivity index (χ4n) is 8.15. The number of likely N-dealkylation sites (N-methyl/N-ethyl adjacent to an activating group) is 1. The molecule has 5 atom stereocenters. The summed E-state index contributed by atoms with van der Waals surface area (Å²) in [7, 11) is 1.58. The Balaban J connectivity index is 1.12. The Morgan fingerprint density at radius 3 is 2.78 bits per heavy atom. The van der Waals surface area contributed by atoms with Crippen molar-refractivity contribution in [1.29, 1.82) is 0 Å². The number of aromatic hydroxyl groups is 1. The van der Waals surface area contributed by atoms with Gasteiger partial charge in [0.1, 0.15) is 11.5 Å². The highest BCUT2D eigenvalue weighted by molar-refractivity contribution is 5.85. The first-order valence-corrected chi connectivity index (χ1v) is 16.4. The van der Waals surface area contributed by atoms with Crippen LogP contribution in [0.5, 0.6) is 11.5 Å².